The van der Waals surface area contributed by atoms with Gasteiger partial charge in [-0.1, -0.05) is 152 Å². The van der Waals surface area contributed by atoms with Crippen molar-refractivity contribution in [2.75, 3.05) is 13.7 Å². The van der Waals surface area contributed by atoms with E-state index in [1.807, 2.05) is 152 Å². The van der Waals surface area contributed by atoms with Gasteiger partial charge in [0.25, 0.3) is 0 Å². The highest BCUT2D eigenvalue weighted by Gasteiger charge is 2.52. The van der Waals surface area contributed by atoms with Crippen LogP contribution in [0, 0.1) is 0 Å². The lowest BCUT2D eigenvalue weighted by Crippen LogP contribution is -2.62. The highest BCUT2D eigenvalue weighted by Crippen LogP contribution is 2.34. The van der Waals surface area contributed by atoms with Crippen molar-refractivity contribution in [3.63, 3.8) is 0 Å². The van der Waals surface area contributed by atoms with Gasteiger partial charge in [-0.05, 0) is 34.7 Å². The fourth-order valence-corrected chi connectivity index (χ4v) is 7.78. The summed E-state index contributed by atoms with van der Waals surface area (Å²) in [5.41, 5.74) is 4.39. The molecule has 2 fully saturated rings. The normalized spacial score (nSPS) is 25.4. The standard InChI is InChI=1S/C52H58FNO11/c1-36-45(65-44(56)29-28-43(55)54-2)47(58-31-38-20-10-4-11-21-38)50(61-34-41-26-16-7-17-27-41)52(63-36)62-35-42-46(57-30-37-18-8-3-9-19-37)48(59-32-39-22-12-5-13-23-39)49(51(53)64-42)60-33-40-24-14-6-15-25-40/h3-27,36,42,45-52H,28-35H2,1-2H3,(H,54,55)/t36?,42-,45+,46-,47-,48?,49?,50?,51+,52?/m1/s1. The van der Waals surface area contributed by atoms with E-state index in [4.69, 9.17) is 42.6 Å². The molecular formula is C52H58FNO11. The van der Waals surface area contributed by atoms with Gasteiger partial charge in [-0.2, -0.15) is 0 Å². The molecule has 0 aromatic heterocycles. The van der Waals surface area contributed by atoms with Gasteiger partial charge in [-0.25, -0.2) is 4.39 Å². The van der Waals surface area contributed by atoms with Gasteiger partial charge >= 0.3 is 5.97 Å². The van der Waals surface area contributed by atoms with Crippen molar-refractivity contribution in [2.45, 2.75) is 114 Å². The Labute approximate surface area is 380 Å². The highest BCUT2D eigenvalue weighted by atomic mass is 19.1. The molecule has 2 heterocycles. The van der Waals surface area contributed by atoms with Gasteiger partial charge in [0.2, 0.25) is 12.3 Å². The molecule has 0 aliphatic carbocycles. The molecule has 5 unspecified atom stereocenters. The molecule has 1 N–H and O–H groups in total. The molecule has 65 heavy (non-hydrogen) atoms. The minimum Gasteiger partial charge on any atom is -0.457 e. The van der Waals surface area contributed by atoms with Crippen molar-refractivity contribution >= 4 is 11.9 Å². The quantitative estimate of drug-likeness (QED) is 0.0684. The average Bonchev–Trinajstić information content (AvgIpc) is 3.35. The zero-order chi connectivity index (χ0) is 45.2. The second-order valence-electron chi connectivity index (χ2n) is 16.0. The fraction of sp³-hybridized carbons (Fsp3) is 0.385. The zero-order valence-electron chi connectivity index (χ0n) is 36.7. The zero-order valence-corrected chi connectivity index (χ0v) is 36.7. The number of amides is 1. The summed E-state index contributed by atoms with van der Waals surface area (Å²) in [6.45, 7) is 2.26. The molecule has 0 spiro atoms. The Morgan fingerprint density at radius 3 is 1.31 bits per heavy atom. The van der Waals surface area contributed by atoms with Crippen LogP contribution in [-0.2, 0) is 85.3 Å². The van der Waals surface area contributed by atoms with Crippen LogP contribution in [0.5, 0.6) is 0 Å². The van der Waals surface area contributed by atoms with E-state index in [1.165, 1.54) is 7.05 Å². The smallest absolute Gasteiger partial charge is 0.306 e. The number of esters is 1. The number of ether oxygens (including phenoxy) is 9. The predicted octanol–water partition coefficient (Wildman–Crippen LogP) is 7.81. The molecule has 10 atom stereocenters. The van der Waals surface area contributed by atoms with Crippen LogP contribution < -0.4 is 5.32 Å². The van der Waals surface area contributed by atoms with Crippen LogP contribution in [0.4, 0.5) is 4.39 Å². The maximum atomic E-state index is 16.7. The number of carbonyl (C=O) groups excluding carboxylic acids is 2. The summed E-state index contributed by atoms with van der Waals surface area (Å²) in [4.78, 5) is 25.3. The van der Waals surface area contributed by atoms with Gasteiger partial charge in [0, 0.05) is 13.5 Å². The number of nitrogens with one attached hydrogen (secondary N) is 1. The fourth-order valence-electron chi connectivity index (χ4n) is 7.78. The predicted molar refractivity (Wildman–Crippen MR) is 238 cm³/mol. The third kappa shape index (κ3) is 14.1. The number of hydrogen-bond acceptors (Lipinski definition) is 11. The van der Waals surface area contributed by atoms with Gasteiger partial charge in [0.1, 0.15) is 36.6 Å². The van der Waals surface area contributed by atoms with E-state index in [2.05, 4.69) is 5.32 Å². The summed E-state index contributed by atoms with van der Waals surface area (Å²) in [5.74, 6) is -0.894. The van der Waals surface area contributed by atoms with Crippen molar-refractivity contribution in [3.05, 3.63) is 179 Å². The lowest BCUT2D eigenvalue weighted by Gasteiger charge is -2.46. The summed E-state index contributed by atoms with van der Waals surface area (Å²) in [6, 6.07) is 47.9. The number of hydrogen-bond donors (Lipinski definition) is 1. The van der Waals surface area contributed by atoms with Gasteiger partial charge in [0.05, 0.1) is 52.2 Å². The monoisotopic (exact) mass is 891 g/mol. The van der Waals surface area contributed by atoms with Crippen LogP contribution in [0.25, 0.3) is 0 Å². The number of rotatable bonds is 22. The van der Waals surface area contributed by atoms with E-state index >= 15 is 4.39 Å². The molecule has 7 rings (SSSR count). The maximum absolute atomic E-state index is 16.7. The first kappa shape index (κ1) is 47.6. The van der Waals surface area contributed by atoms with E-state index in [-0.39, 0.29) is 58.4 Å². The number of halogens is 1. The van der Waals surface area contributed by atoms with Gasteiger partial charge < -0.3 is 47.9 Å². The minimum atomic E-state index is -1.93. The Balaban J connectivity index is 1.17. The Morgan fingerprint density at radius 2 is 0.877 bits per heavy atom. The molecule has 0 radical (unpaired) electrons. The summed E-state index contributed by atoms with van der Waals surface area (Å²) in [7, 11) is 1.51. The first-order valence-corrected chi connectivity index (χ1v) is 22.1. The minimum absolute atomic E-state index is 0.0504. The molecule has 0 saturated carbocycles. The largest absolute Gasteiger partial charge is 0.457 e. The van der Waals surface area contributed by atoms with Crippen LogP contribution in [0.15, 0.2) is 152 Å². The van der Waals surface area contributed by atoms with Crippen LogP contribution in [0.1, 0.15) is 47.6 Å². The molecule has 13 heteroatoms. The second-order valence-corrected chi connectivity index (χ2v) is 16.0. The Bertz CT molecular complexity index is 2140. The first-order valence-electron chi connectivity index (χ1n) is 22.1. The molecule has 2 saturated heterocycles. The molecule has 1 amide bonds. The average molecular weight is 892 g/mol. The summed E-state index contributed by atoms with van der Waals surface area (Å²) >= 11 is 0. The van der Waals surface area contributed by atoms with E-state index in [0.717, 1.165) is 27.8 Å². The highest BCUT2D eigenvalue weighted by molar-refractivity contribution is 5.81. The third-order valence-electron chi connectivity index (χ3n) is 11.3. The Morgan fingerprint density at radius 1 is 0.492 bits per heavy atom. The van der Waals surface area contributed by atoms with E-state index < -0.39 is 67.4 Å². The molecule has 5 aromatic carbocycles. The molecule has 5 aromatic rings. The lowest BCUT2D eigenvalue weighted by atomic mass is 9.97. The number of carbonyl (C=O) groups is 2. The van der Waals surface area contributed by atoms with Crippen LogP contribution in [0.3, 0.4) is 0 Å². The molecule has 2 aliphatic rings. The maximum Gasteiger partial charge on any atom is 0.306 e. The van der Waals surface area contributed by atoms with Crippen molar-refractivity contribution in [1.29, 1.82) is 0 Å². The topological polar surface area (TPSA) is 129 Å². The lowest BCUT2D eigenvalue weighted by molar-refractivity contribution is -0.335. The summed E-state index contributed by atoms with van der Waals surface area (Å²) < 4.78 is 74.9. The van der Waals surface area contributed by atoms with Crippen LogP contribution >= 0.6 is 0 Å². The van der Waals surface area contributed by atoms with Crippen LogP contribution in [0.2, 0.25) is 0 Å². The van der Waals surface area contributed by atoms with Crippen molar-refractivity contribution < 1.29 is 56.6 Å². The van der Waals surface area contributed by atoms with Crippen molar-refractivity contribution in [1.82, 2.24) is 5.32 Å². The Hall–Kier alpha value is -5.35. The van der Waals surface area contributed by atoms with Crippen molar-refractivity contribution in [2.24, 2.45) is 0 Å². The number of benzene rings is 5. The second kappa shape index (κ2) is 24.8. The number of alkyl halides is 1. The van der Waals surface area contributed by atoms with Gasteiger partial charge in [-0.15, -0.1) is 0 Å². The van der Waals surface area contributed by atoms with Crippen molar-refractivity contribution in [3.8, 4) is 0 Å². The molecule has 2 aliphatic heterocycles. The first-order chi connectivity index (χ1) is 31.8. The SMILES string of the molecule is CNC(=O)CCC(=O)O[C@H]1C(C)OC(OC[C@H]2O[C@H](F)C(OCc3ccccc3)C(OCc3ccccc3)[C@@H]2OCc2ccccc2)C(OCc2ccccc2)[C@@H]1OCc1ccccc1. The Kier molecular flexibility index (Phi) is 18.2. The van der Waals surface area contributed by atoms with E-state index in [9.17, 15) is 9.59 Å². The van der Waals surface area contributed by atoms with E-state index in [1.54, 1.807) is 6.92 Å². The summed E-state index contributed by atoms with van der Waals surface area (Å²) in [6.07, 6.45) is -10.9. The summed E-state index contributed by atoms with van der Waals surface area (Å²) in [5, 5.41) is 2.53. The van der Waals surface area contributed by atoms with Gasteiger partial charge in [-0.3, -0.25) is 9.59 Å². The van der Waals surface area contributed by atoms with Gasteiger partial charge in [0.15, 0.2) is 12.4 Å². The third-order valence-corrected chi connectivity index (χ3v) is 11.3. The van der Waals surface area contributed by atoms with E-state index in [0.29, 0.717) is 0 Å². The van der Waals surface area contributed by atoms with Crippen LogP contribution in [-0.4, -0.2) is 87.0 Å². The molecule has 12 nitrogen and oxygen atoms in total. The molecule has 344 valence electrons. The molecular weight excluding hydrogens is 834 g/mol. The molecule has 0 bridgehead atoms.